The third-order valence-corrected chi connectivity index (χ3v) is 3.52. The van der Waals surface area contributed by atoms with Gasteiger partial charge >= 0.3 is 0 Å². The SMILES string of the molecule is CC.Cc1cc(N=Nc2n[nH]c(Br)n2)c(C)c(C)c1N(C)C. The van der Waals surface area contributed by atoms with Crippen molar-refractivity contribution >= 4 is 33.3 Å². The molecule has 0 amide bonds. The number of hydrogen-bond donors (Lipinski definition) is 1. The number of benzene rings is 1. The fraction of sp³-hybridized carbons (Fsp3) is 0.467. The van der Waals surface area contributed by atoms with Crippen LogP contribution in [0, 0.1) is 20.8 Å². The van der Waals surface area contributed by atoms with Crippen LogP contribution in [-0.4, -0.2) is 29.3 Å². The fourth-order valence-corrected chi connectivity index (χ4v) is 2.46. The van der Waals surface area contributed by atoms with E-state index in [2.05, 4.69) is 60.1 Å². The predicted octanol–water partition coefficient (Wildman–Crippen LogP) is 5.00. The molecule has 6 nitrogen and oxygen atoms in total. The molecule has 0 atom stereocenters. The van der Waals surface area contributed by atoms with E-state index >= 15 is 0 Å². The number of hydrogen-bond acceptors (Lipinski definition) is 5. The van der Waals surface area contributed by atoms with Gasteiger partial charge in [-0.25, -0.2) is 0 Å². The number of nitrogens with zero attached hydrogens (tertiary/aromatic N) is 5. The Labute approximate surface area is 140 Å². The first-order valence-corrected chi connectivity index (χ1v) is 7.97. The zero-order valence-electron chi connectivity index (χ0n) is 14.2. The Morgan fingerprint density at radius 3 is 2.23 bits per heavy atom. The Hall–Kier alpha value is -1.76. The molecule has 22 heavy (non-hydrogen) atoms. The van der Waals surface area contributed by atoms with Crippen LogP contribution in [0.25, 0.3) is 0 Å². The lowest BCUT2D eigenvalue weighted by molar-refractivity contribution is 1.03. The van der Waals surface area contributed by atoms with Crippen LogP contribution in [0.1, 0.15) is 30.5 Å². The lowest BCUT2D eigenvalue weighted by Crippen LogP contribution is -2.12. The van der Waals surface area contributed by atoms with Gasteiger partial charge in [-0.05, 0) is 59.5 Å². The molecule has 0 saturated carbocycles. The van der Waals surface area contributed by atoms with E-state index in [9.17, 15) is 0 Å². The van der Waals surface area contributed by atoms with Gasteiger partial charge in [0.1, 0.15) is 0 Å². The maximum atomic E-state index is 4.25. The summed E-state index contributed by atoms with van der Waals surface area (Å²) in [7, 11) is 4.09. The Kier molecular flexibility index (Phi) is 6.67. The summed E-state index contributed by atoms with van der Waals surface area (Å²) in [6, 6.07) is 2.03. The van der Waals surface area contributed by atoms with Gasteiger partial charge in [0.25, 0.3) is 5.95 Å². The van der Waals surface area contributed by atoms with Gasteiger partial charge in [0, 0.05) is 19.8 Å². The highest BCUT2D eigenvalue weighted by Gasteiger charge is 2.11. The highest BCUT2D eigenvalue weighted by atomic mass is 79.9. The smallest absolute Gasteiger partial charge is 0.288 e. The van der Waals surface area contributed by atoms with E-state index in [4.69, 9.17) is 0 Å². The molecule has 0 unspecified atom stereocenters. The zero-order chi connectivity index (χ0) is 16.9. The molecule has 0 aliphatic carbocycles. The summed E-state index contributed by atoms with van der Waals surface area (Å²) in [5.41, 5.74) is 5.55. The molecule has 2 aromatic rings. The molecule has 120 valence electrons. The summed E-state index contributed by atoms with van der Waals surface area (Å²) < 4.78 is 0.540. The first-order valence-electron chi connectivity index (χ1n) is 7.18. The van der Waals surface area contributed by atoms with E-state index in [1.54, 1.807) is 0 Å². The molecule has 7 heteroatoms. The standard InChI is InChI=1S/C13H17BrN6.C2H6/c1-7-6-10(8(2)9(3)11(7)20(4)5)16-18-13-15-12(14)17-19-13;1-2/h6H,1-5H3,(H,15,17,19);1-2H3. The number of aryl methyl sites for hydroxylation is 1. The van der Waals surface area contributed by atoms with Crippen LogP contribution in [-0.2, 0) is 0 Å². The number of nitrogens with one attached hydrogen (secondary N) is 1. The molecule has 2 rings (SSSR count). The number of anilines is 1. The van der Waals surface area contributed by atoms with Gasteiger partial charge in [0.05, 0.1) is 5.69 Å². The normalized spacial score (nSPS) is 10.5. The number of halogens is 1. The van der Waals surface area contributed by atoms with Crippen molar-refractivity contribution in [2.75, 3.05) is 19.0 Å². The third-order valence-electron chi connectivity index (χ3n) is 3.17. The maximum Gasteiger partial charge on any atom is 0.288 e. The van der Waals surface area contributed by atoms with Gasteiger partial charge in [-0.3, -0.25) is 5.10 Å². The second-order valence-corrected chi connectivity index (χ2v) is 5.58. The highest BCUT2D eigenvalue weighted by molar-refractivity contribution is 9.10. The summed E-state index contributed by atoms with van der Waals surface area (Å²) in [5.74, 6) is 0.309. The van der Waals surface area contributed by atoms with E-state index in [1.807, 2.05) is 40.9 Å². The van der Waals surface area contributed by atoms with Crippen LogP contribution < -0.4 is 4.90 Å². The summed E-state index contributed by atoms with van der Waals surface area (Å²) in [6.07, 6.45) is 0. The average molecular weight is 367 g/mol. The van der Waals surface area contributed by atoms with Crippen molar-refractivity contribution in [1.82, 2.24) is 15.2 Å². The molecular formula is C15H23BrN6. The molecule has 0 fully saturated rings. The Morgan fingerprint density at radius 1 is 1.09 bits per heavy atom. The van der Waals surface area contributed by atoms with E-state index in [-0.39, 0.29) is 0 Å². The van der Waals surface area contributed by atoms with Gasteiger partial charge < -0.3 is 4.90 Å². The van der Waals surface area contributed by atoms with Crippen molar-refractivity contribution in [3.8, 4) is 0 Å². The molecule has 0 bridgehead atoms. The average Bonchev–Trinajstić information content (AvgIpc) is 2.89. The minimum absolute atomic E-state index is 0.309. The van der Waals surface area contributed by atoms with Crippen molar-refractivity contribution in [3.63, 3.8) is 0 Å². The largest absolute Gasteiger partial charge is 0.377 e. The van der Waals surface area contributed by atoms with Crippen molar-refractivity contribution in [2.24, 2.45) is 10.2 Å². The fourth-order valence-electron chi connectivity index (χ4n) is 2.22. The van der Waals surface area contributed by atoms with E-state index < -0.39 is 0 Å². The minimum Gasteiger partial charge on any atom is -0.377 e. The highest BCUT2D eigenvalue weighted by Crippen LogP contribution is 2.33. The lowest BCUT2D eigenvalue weighted by atomic mass is 10.0. The van der Waals surface area contributed by atoms with Crippen LogP contribution in [0.4, 0.5) is 17.3 Å². The molecule has 0 saturated heterocycles. The molecule has 0 radical (unpaired) electrons. The quantitative estimate of drug-likeness (QED) is 0.776. The van der Waals surface area contributed by atoms with Gasteiger partial charge in [-0.2, -0.15) is 4.98 Å². The predicted molar refractivity (Wildman–Crippen MR) is 94.6 cm³/mol. The molecule has 1 heterocycles. The van der Waals surface area contributed by atoms with E-state index in [1.165, 1.54) is 16.8 Å². The van der Waals surface area contributed by atoms with Crippen LogP contribution in [0.15, 0.2) is 21.0 Å². The lowest BCUT2D eigenvalue weighted by Gasteiger charge is -2.21. The molecular weight excluding hydrogens is 344 g/mol. The maximum absolute atomic E-state index is 4.25. The van der Waals surface area contributed by atoms with E-state index in [0.29, 0.717) is 10.7 Å². The number of H-pyrrole nitrogens is 1. The monoisotopic (exact) mass is 366 g/mol. The first-order chi connectivity index (χ1) is 10.4. The molecule has 1 aromatic heterocycles. The second kappa shape index (κ2) is 8.03. The molecule has 0 aliphatic heterocycles. The van der Waals surface area contributed by atoms with Gasteiger partial charge in [0.15, 0.2) is 4.73 Å². The van der Waals surface area contributed by atoms with Gasteiger partial charge in [0.2, 0.25) is 0 Å². The van der Waals surface area contributed by atoms with Crippen LogP contribution >= 0.6 is 15.9 Å². The number of aromatic amines is 1. The molecule has 0 aliphatic rings. The Morgan fingerprint density at radius 2 is 1.73 bits per heavy atom. The van der Waals surface area contributed by atoms with Crippen LogP contribution in [0.2, 0.25) is 0 Å². The molecule has 1 aromatic carbocycles. The Balaban J connectivity index is 0.00000116. The van der Waals surface area contributed by atoms with Crippen molar-refractivity contribution in [2.45, 2.75) is 34.6 Å². The van der Waals surface area contributed by atoms with E-state index in [0.717, 1.165) is 11.3 Å². The van der Waals surface area contributed by atoms with Crippen molar-refractivity contribution in [3.05, 3.63) is 27.5 Å². The van der Waals surface area contributed by atoms with Crippen LogP contribution in [0.5, 0.6) is 0 Å². The number of rotatable bonds is 3. The zero-order valence-corrected chi connectivity index (χ0v) is 15.8. The topological polar surface area (TPSA) is 69.5 Å². The first kappa shape index (κ1) is 18.3. The third kappa shape index (κ3) is 4.13. The second-order valence-electron chi connectivity index (χ2n) is 4.83. The van der Waals surface area contributed by atoms with Gasteiger partial charge in [-0.1, -0.05) is 13.8 Å². The summed E-state index contributed by atoms with van der Waals surface area (Å²) in [6.45, 7) is 10.2. The Bertz CT molecular complexity index is 660. The van der Waals surface area contributed by atoms with Crippen molar-refractivity contribution in [1.29, 1.82) is 0 Å². The molecule has 0 spiro atoms. The van der Waals surface area contributed by atoms with Crippen LogP contribution in [0.3, 0.4) is 0 Å². The number of aromatic nitrogens is 3. The molecule has 1 N–H and O–H groups in total. The summed E-state index contributed by atoms with van der Waals surface area (Å²) >= 11 is 3.19. The minimum atomic E-state index is 0.309. The van der Waals surface area contributed by atoms with Crippen molar-refractivity contribution < 1.29 is 0 Å². The van der Waals surface area contributed by atoms with Gasteiger partial charge in [-0.15, -0.1) is 15.3 Å². The number of azo groups is 1. The summed E-state index contributed by atoms with van der Waals surface area (Å²) in [5, 5.41) is 14.9. The summed E-state index contributed by atoms with van der Waals surface area (Å²) in [4.78, 5) is 6.14.